The van der Waals surface area contributed by atoms with Gasteiger partial charge in [0.2, 0.25) is 0 Å². The number of thiazole rings is 1. The monoisotopic (exact) mass is 304 g/mol. The lowest BCUT2D eigenvalue weighted by Gasteiger charge is -2.26. The van der Waals surface area contributed by atoms with E-state index < -0.39 is 0 Å². The second kappa shape index (κ2) is 5.61. The summed E-state index contributed by atoms with van der Waals surface area (Å²) in [5.74, 6) is 0.873. The van der Waals surface area contributed by atoms with Gasteiger partial charge in [-0.05, 0) is 6.07 Å². The number of carbonyl (C=O) groups is 1. The van der Waals surface area contributed by atoms with Crippen LogP contribution in [0.5, 0.6) is 5.75 Å². The third-order valence-electron chi connectivity index (χ3n) is 3.34. The summed E-state index contributed by atoms with van der Waals surface area (Å²) in [4.78, 5) is 16.9. The van der Waals surface area contributed by atoms with Crippen LogP contribution in [0.2, 0.25) is 0 Å². The second-order valence-corrected chi connectivity index (χ2v) is 5.68. The SMILES string of the molecule is CNc1nc(N)c(C(=O)NC2CCOc3ccccc32)s1. The van der Waals surface area contributed by atoms with Gasteiger partial charge in [0.15, 0.2) is 5.13 Å². The normalized spacial score (nSPS) is 16.7. The van der Waals surface area contributed by atoms with E-state index in [0.29, 0.717) is 16.6 Å². The zero-order valence-electron chi connectivity index (χ0n) is 11.6. The van der Waals surface area contributed by atoms with Gasteiger partial charge in [0.1, 0.15) is 16.4 Å². The van der Waals surface area contributed by atoms with Crippen LogP contribution in [0.4, 0.5) is 10.9 Å². The van der Waals surface area contributed by atoms with E-state index in [1.54, 1.807) is 7.05 Å². The zero-order valence-corrected chi connectivity index (χ0v) is 12.4. The van der Waals surface area contributed by atoms with Crippen LogP contribution in [0, 0.1) is 0 Å². The summed E-state index contributed by atoms with van der Waals surface area (Å²) in [6.07, 6.45) is 0.736. The van der Waals surface area contributed by atoms with Crippen LogP contribution in [-0.2, 0) is 0 Å². The highest BCUT2D eigenvalue weighted by Crippen LogP contribution is 2.32. The van der Waals surface area contributed by atoms with Gasteiger partial charge in [-0.3, -0.25) is 4.79 Å². The first-order chi connectivity index (χ1) is 10.2. The highest BCUT2D eigenvalue weighted by molar-refractivity contribution is 7.18. The summed E-state index contributed by atoms with van der Waals surface area (Å²) in [5.41, 5.74) is 6.79. The number of hydrogen-bond donors (Lipinski definition) is 3. The minimum absolute atomic E-state index is 0.0676. The summed E-state index contributed by atoms with van der Waals surface area (Å²) in [6.45, 7) is 0.585. The van der Waals surface area contributed by atoms with Gasteiger partial charge in [0.25, 0.3) is 5.91 Å². The van der Waals surface area contributed by atoms with E-state index in [1.807, 2.05) is 24.3 Å². The lowest BCUT2D eigenvalue weighted by Crippen LogP contribution is -2.32. The van der Waals surface area contributed by atoms with Crippen molar-refractivity contribution < 1.29 is 9.53 Å². The van der Waals surface area contributed by atoms with Crippen LogP contribution in [0.15, 0.2) is 24.3 Å². The summed E-state index contributed by atoms with van der Waals surface area (Å²) in [7, 11) is 1.74. The number of nitrogen functional groups attached to an aromatic ring is 1. The molecule has 0 radical (unpaired) electrons. The van der Waals surface area contributed by atoms with Gasteiger partial charge in [0, 0.05) is 19.0 Å². The largest absolute Gasteiger partial charge is 0.493 e. The maximum Gasteiger partial charge on any atom is 0.265 e. The molecule has 1 aliphatic rings. The first-order valence-corrected chi connectivity index (χ1v) is 7.47. The molecule has 1 unspecified atom stereocenters. The predicted molar refractivity (Wildman–Crippen MR) is 82.8 cm³/mol. The molecule has 7 heteroatoms. The molecular weight excluding hydrogens is 288 g/mol. The predicted octanol–water partition coefficient (Wildman–Crippen LogP) is 2.02. The summed E-state index contributed by atoms with van der Waals surface area (Å²) in [5, 5.41) is 6.53. The number of nitrogens with two attached hydrogens (primary N) is 1. The van der Waals surface area contributed by atoms with E-state index in [2.05, 4.69) is 15.6 Å². The van der Waals surface area contributed by atoms with Gasteiger partial charge >= 0.3 is 0 Å². The summed E-state index contributed by atoms with van der Waals surface area (Å²) < 4.78 is 5.59. The van der Waals surface area contributed by atoms with E-state index in [-0.39, 0.29) is 17.8 Å². The number of anilines is 2. The average Bonchev–Trinajstić information content (AvgIpc) is 2.89. The highest BCUT2D eigenvalue weighted by atomic mass is 32.1. The van der Waals surface area contributed by atoms with Gasteiger partial charge < -0.3 is 21.1 Å². The van der Waals surface area contributed by atoms with E-state index in [0.717, 1.165) is 17.7 Å². The molecule has 110 valence electrons. The van der Waals surface area contributed by atoms with Crippen molar-refractivity contribution in [2.45, 2.75) is 12.5 Å². The first-order valence-electron chi connectivity index (χ1n) is 6.65. The topological polar surface area (TPSA) is 89.3 Å². The summed E-state index contributed by atoms with van der Waals surface area (Å²) in [6, 6.07) is 7.67. The molecule has 1 atom stereocenters. The number of nitrogens with zero attached hydrogens (tertiary/aromatic N) is 1. The van der Waals surface area contributed by atoms with Crippen molar-refractivity contribution in [1.29, 1.82) is 0 Å². The Hall–Kier alpha value is -2.28. The van der Waals surface area contributed by atoms with Crippen molar-refractivity contribution in [1.82, 2.24) is 10.3 Å². The van der Waals surface area contributed by atoms with E-state index >= 15 is 0 Å². The Balaban J connectivity index is 1.81. The molecule has 0 fully saturated rings. The maximum atomic E-state index is 12.4. The van der Waals surface area contributed by atoms with Crippen molar-refractivity contribution in [2.75, 3.05) is 24.7 Å². The first kappa shape index (κ1) is 13.7. The molecule has 0 spiro atoms. The number of benzene rings is 1. The molecule has 3 rings (SSSR count). The van der Waals surface area contributed by atoms with Crippen LogP contribution in [0.25, 0.3) is 0 Å². The number of hydrogen-bond acceptors (Lipinski definition) is 6. The average molecular weight is 304 g/mol. The van der Waals surface area contributed by atoms with Crippen molar-refractivity contribution >= 4 is 28.2 Å². The number of para-hydroxylation sites is 1. The van der Waals surface area contributed by atoms with E-state index in [4.69, 9.17) is 10.5 Å². The molecule has 0 saturated heterocycles. The van der Waals surface area contributed by atoms with Gasteiger partial charge in [-0.25, -0.2) is 4.98 Å². The molecule has 21 heavy (non-hydrogen) atoms. The Morgan fingerprint density at radius 1 is 1.48 bits per heavy atom. The quantitative estimate of drug-likeness (QED) is 0.807. The van der Waals surface area contributed by atoms with E-state index in [1.165, 1.54) is 11.3 Å². The van der Waals surface area contributed by atoms with Crippen molar-refractivity contribution in [3.05, 3.63) is 34.7 Å². The Morgan fingerprint density at radius 2 is 2.29 bits per heavy atom. The molecule has 2 aromatic rings. The molecule has 0 bridgehead atoms. The molecule has 2 heterocycles. The fourth-order valence-corrected chi connectivity index (χ4v) is 3.06. The van der Waals surface area contributed by atoms with Crippen LogP contribution >= 0.6 is 11.3 Å². The number of aromatic nitrogens is 1. The van der Waals surface area contributed by atoms with Crippen molar-refractivity contribution in [2.24, 2.45) is 0 Å². The number of carbonyl (C=O) groups excluding carboxylic acids is 1. The fraction of sp³-hybridized carbons (Fsp3) is 0.286. The van der Waals surface area contributed by atoms with Gasteiger partial charge in [0.05, 0.1) is 12.6 Å². The van der Waals surface area contributed by atoms with Crippen LogP contribution in [0.3, 0.4) is 0 Å². The van der Waals surface area contributed by atoms with Crippen molar-refractivity contribution in [3.8, 4) is 5.75 Å². The molecule has 1 aromatic heterocycles. The summed E-state index contributed by atoms with van der Waals surface area (Å²) >= 11 is 1.25. The maximum absolute atomic E-state index is 12.4. The zero-order chi connectivity index (χ0) is 14.8. The minimum Gasteiger partial charge on any atom is -0.493 e. The number of rotatable bonds is 3. The fourth-order valence-electron chi connectivity index (χ4n) is 2.32. The molecule has 0 aliphatic carbocycles. The molecule has 1 aromatic carbocycles. The second-order valence-electron chi connectivity index (χ2n) is 4.68. The smallest absolute Gasteiger partial charge is 0.265 e. The number of fused-ring (bicyclic) bond motifs is 1. The van der Waals surface area contributed by atoms with Crippen LogP contribution in [0.1, 0.15) is 27.7 Å². The number of ether oxygens (including phenoxy) is 1. The lowest BCUT2D eigenvalue weighted by molar-refractivity contribution is 0.0929. The third kappa shape index (κ3) is 2.64. The minimum atomic E-state index is -0.201. The number of nitrogens with one attached hydrogen (secondary N) is 2. The van der Waals surface area contributed by atoms with Gasteiger partial charge in [-0.1, -0.05) is 29.5 Å². The van der Waals surface area contributed by atoms with Crippen LogP contribution < -0.4 is 21.1 Å². The molecule has 1 amide bonds. The molecule has 4 N–H and O–H groups in total. The van der Waals surface area contributed by atoms with Gasteiger partial charge in [-0.2, -0.15) is 0 Å². The molecular formula is C14H16N4O2S. The lowest BCUT2D eigenvalue weighted by atomic mass is 10.0. The Bertz CT molecular complexity index is 671. The Labute approximate surface area is 126 Å². The van der Waals surface area contributed by atoms with Crippen LogP contribution in [-0.4, -0.2) is 24.5 Å². The standard InChI is InChI=1S/C14H16N4O2S/c1-16-14-18-12(15)11(21-14)13(19)17-9-6-7-20-10-5-3-2-4-8(9)10/h2-5,9H,6-7,15H2,1H3,(H,16,18)(H,17,19). The Morgan fingerprint density at radius 3 is 3.05 bits per heavy atom. The third-order valence-corrected chi connectivity index (χ3v) is 4.42. The highest BCUT2D eigenvalue weighted by Gasteiger charge is 2.25. The molecule has 6 nitrogen and oxygen atoms in total. The van der Waals surface area contributed by atoms with Crippen molar-refractivity contribution in [3.63, 3.8) is 0 Å². The van der Waals surface area contributed by atoms with E-state index in [9.17, 15) is 4.79 Å². The number of amides is 1. The Kier molecular flexibility index (Phi) is 3.66. The van der Waals surface area contributed by atoms with Gasteiger partial charge in [-0.15, -0.1) is 0 Å². The molecule has 1 aliphatic heterocycles. The molecule has 0 saturated carbocycles.